The van der Waals surface area contributed by atoms with Gasteiger partial charge in [-0.1, -0.05) is 6.92 Å². The van der Waals surface area contributed by atoms with Gasteiger partial charge in [0.15, 0.2) is 0 Å². The van der Waals surface area contributed by atoms with Crippen molar-refractivity contribution in [1.82, 2.24) is 15.6 Å². The maximum atomic E-state index is 11.9. The first kappa shape index (κ1) is 16.1. The molecule has 1 rings (SSSR count). The van der Waals surface area contributed by atoms with E-state index in [0.29, 0.717) is 24.3 Å². The third-order valence-corrected chi connectivity index (χ3v) is 2.84. The molecule has 0 aromatic carbocycles. The summed E-state index contributed by atoms with van der Waals surface area (Å²) in [5, 5.41) is 5.52. The number of rotatable bonds is 7. The van der Waals surface area contributed by atoms with Crippen molar-refractivity contribution in [3.63, 3.8) is 0 Å². The summed E-state index contributed by atoms with van der Waals surface area (Å²) in [7, 11) is 1.56. The van der Waals surface area contributed by atoms with Crippen molar-refractivity contribution in [3.05, 3.63) is 29.6 Å². The van der Waals surface area contributed by atoms with Gasteiger partial charge in [-0.15, -0.1) is 0 Å². The van der Waals surface area contributed by atoms with Crippen molar-refractivity contribution in [2.45, 2.75) is 26.3 Å². The van der Waals surface area contributed by atoms with Crippen LogP contribution in [-0.2, 0) is 4.74 Å². The number of pyridine rings is 1. The van der Waals surface area contributed by atoms with Crippen molar-refractivity contribution in [3.8, 4) is 0 Å². The molecule has 1 unspecified atom stereocenters. The highest BCUT2D eigenvalue weighted by atomic mass is 16.5. The van der Waals surface area contributed by atoms with Gasteiger partial charge in [-0.3, -0.25) is 14.6 Å². The van der Waals surface area contributed by atoms with E-state index in [1.807, 2.05) is 13.8 Å². The molecule has 0 fully saturated rings. The number of methoxy groups -OCH3 is 1. The van der Waals surface area contributed by atoms with Crippen molar-refractivity contribution in [1.29, 1.82) is 0 Å². The Labute approximate surface area is 118 Å². The van der Waals surface area contributed by atoms with Crippen LogP contribution in [0.2, 0.25) is 0 Å². The van der Waals surface area contributed by atoms with Gasteiger partial charge >= 0.3 is 0 Å². The quantitative estimate of drug-likeness (QED) is 0.729. The minimum Gasteiger partial charge on any atom is -0.383 e. The zero-order valence-corrected chi connectivity index (χ0v) is 12.1. The summed E-state index contributed by atoms with van der Waals surface area (Å²) in [5.74, 6) is -0.494. The lowest BCUT2D eigenvalue weighted by molar-refractivity contribution is 0.0936. The Balaban J connectivity index is 2.70. The van der Waals surface area contributed by atoms with Crippen molar-refractivity contribution in [2.75, 3.05) is 20.3 Å². The molecule has 2 N–H and O–H groups in total. The number of carbonyl (C=O) groups excluding carboxylic acids is 2. The second-order valence-corrected chi connectivity index (χ2v) is 4.49. The Morgan fingerprint density at radius 1 is 1.30 bits per heavy atom. The molecule has 1 atom stereocenters. The third kappa shape index (κ3) is 4.97. The summed E-state index contributed by atoms with van der Waals surface area (Å²) in [6, 6.07) is 1.62. The van der Waals surface area contributed by atoms with Crippen LogP contribution in [0.25, 0.3) is 0 Å². The number of amides is 2. The van der Waals surface area contributed by atoms with E-state index in [2.05, 4.69) is 15.6 Å². The van der Waals surface area contributed by atoms with Crippen molar-refractivity contribution in [2.24, 2.45) is 0 Å². The molecule has 0 aliphatic carbocycles. The van der Waals surface area contributed by atoms with Gasteiger partial charge in [0.1, 0.15) is 0 Å². The number of nitrogens with zero attached hydrogens (tertiary/aromatic N) is 1. The predicted octanol–water partition coefficient (Wildman–Crippen LogP) is 0.986. The van der Waals surface area contributed by atoms with Crippen LogP contribution < -0.4 is 10.6 Å². The van der Waals surface area contributed by atoms with Gasteiger partial charge < -0.3 is 15.4 Å². The highest BCUT2D eigenvalue weighted by molar-refractivity contribution is 5.99. The molecule has 0 radical (unpaired) electrons. The summed E-state index contributed by atoms with van der Waals surface area (Å²) >= 11 is 0. The maximum Gasteiger partial charge on any atom is 0.253 e. The molecule has 0 aliphatic heterocycles. The van der Waals surface area contributed by atoms with E-state index in [-0.39, 0.29) is 17.9 Å². The van der Waals surface area contributed by atoms with E-state index in [1.54, 1.807) is 7.11 Å². The molecule has 1 aromatic heterocycles. The van der Waals surface area contributed by atoms with Crippen LogP contribution in [0.4, 0.5) is 0 Å². The van der Waals surface area contributed by atoms with E-state index >= 15 is 0 Å². The van der Waals surface area contributed by atoms with Crippen molar-refractivity contribution < 1.29 is 14.3 Å². The van der Waals surface area contributed by atoms with Crippen LogP contribution in [0.3, 0.4) is 0 Å². The molecular weight excluding hydrogens is 258 g/mol. The SMILES string of the molecule is CCC(C)NC(=O)c1cncc(C(=O)NCCOC)c1. The average Bonchev–Trinajstić information content (AvgIpc) is 2.47. The first-order chi connectivity index (χ1) is 9.58. The average molecular weight is 279 g/mol. The molecule has 2 amide bonds. The van der Waals surface area contributed by atoms with Crippen molar-refractivity contribution >= 4 is 11.8 Å². The molecule has 0 saturated heterocycles. The first-order valence-corrected chi connectivity index (χ1v) is 6.61. The largest absolute Gasteiger partial charge is 0.383 e. The van der Waals surface area contributed by atoms with Gasteiger partial charge in [0.05, 0.1) is 17.7 Å². The van der Waals surface area contributed by atoms with Gasteiger partial charge in [0.25, 0.3) is 11.8 Å². The Kier molecular flexibility index (Phi) is 6.66. The number of ether oxygens (including phenoxy) is 1. The van der Waals surface area contributed by atoms with Crippen LogP contribution in [0.5, 0.6) is 0 Å². The second-order valence-electron chi connectivity index (χ2n) is 4.49. The normalized spacial score (nSPS) is 11.8. The van der Waals surface area contributed by atoms with Crippen LogP contribution in [0.1, 0.15) is 41.0 Å². The summed E-state index contributed by atoms with van der Waals surface area (Å²) in [4.78, 5) is 27.7. The fourth-order valence-electron chi connectivity index (χ4n) is 1.47. The van der Waals surface area contributed by atoms with E-state index in [4.69, 9.17) is 4.74 Å². The van der Waals surface area contributed by atoms with Crippen LogP contribution in [0, 0.1) is 0 Å². The van der Waals surface area contributed by atoms with Crippen LogP contribution in [0.15, 0.2) is 18.5 Å². The van der Waals surface area contributed by atoms with Gasteiger partial charge in [0, 0.05) is 32.1 Å². The van der Waals surface area contributed by atoms with E-state index in [0.717, 1.165) is 6.42 Å². The monoisotopic (exact) mass is 279 g/mol. The lowest BCUT2D eigenvalue weighted by Gasteiger charge is -2.11. The molecule has 1 heterocycles. The number of nitrogens with one attached hydrogen (secondary N) is 2. The van der Waals surface area contributed by atoms with E-state index in [1.165, 1.54) is 18.5 Å². The summed E-state index contributed by atoms with van der Waals surface area (Å²) in [5.41, 5.74) is 0.739. The standard InChI is InChI=1S/C14H21N3O3/c1-4-10(2)17-14(19)12-7-11(8-15-9-12)13(18)16-5-6-20-3/h7-10H,4-6H2,1-3H3,(H,16,18)(H,17,19). The molecular formula is C14H21N3O3. The predicted molar refractivity (Wildman–Crippen MR) is 75.7 cm³/mol. The fraction of sp³-hybridized carbons (Fsp3) is 0.500. The lowest BCUT2D eigenvalue weighted by atomic mass is 10.1. The molecule has 1 aromatic rings. The molecule has 0 bridgehead atoms. The van der Waals surface area contributed by atoms with Crippen LogP contribution >= 0.6 is 0 Å². The Morgan fingerprint density at radius 3 is 2.55 bits per heavy atom. The molecule has 20 heavy (non-hydrogen) atoms. The van der Waals surface area contributed by atoms with Crippen LogP contribution in [-0.4, -0.2) is 43.1 Å². The molecule has 110 valence electrons. The van der Waals surface area contributed by atoms with Gasteiger partial charge in [-0.2, -0.15) is 0 Å². The fourth-order valence-corrected chi connectivity index (χ4v) is 1.47. The molecule has 6 nitrogen and oxygen atoms in total. The zero-order chi connectivity index (χ0) is 15.0. The highest BCUT2D eigenvalue weighted by Gasteiger charge is 2.12. The third-order valence-electron chi connectivity index (χ3n) is 2.84. The maximum absolute atomic E-state index is 11.9. The van der Waals surface area contributed by atoms with E-state index < -0.39 is 0 Å². The molecule has 0 spiro atoms. The molecule has 0 aliphatic rings. The summed E-state index contributed by atoms with van der Waals surface area (Å²) < 4.78 is 4.85. The smallest absolute Gasteiger partial charge is 0.253 e. The Bertz CT molecular complexity index is 463. The van der Waals surface area contributed by atoms with Gasteiger partial charge in [0.2, 0.25) is 0 Å². The molecule has 6 heteroatoms. The number of hydrogen-bond donors (Lipinski definition) is 2. The summed E-state index contributed by atoms with van der Waals surface area (Å²) in [6.45, 7) is 4.77. The molecule has 0 saturated carbocycles. The minimum absolute atomic E-state index is 0.0849. The number of aromatic nitrogens is 1. The lowest BCUT2D eigenvalue weighted by Crippen LogP contribution is -2.32. The number of hydrogen-bond acceptors (Lipinski definition) is 4. The van der Waals surface area contributed by atoms with Gasteiger partial charge in [-0.25, -0.2) is 0 Å². The topological polar surface area (TPSA) is 80.3 Å². The Hall–Kier alpha value is -1.95. The minimum atomic E-state index is -0.271. The van der Waals surface area contributed by atoms with E-state index in [9.17, 15) is 9.59 Å². The number of carbonyl (C=O) groups is 2. The highest BCUT2D eigenvalue weighted by Crippen LogP contribution is 2.04. The first-order valence-electron chi connectivity index (χ1n) is 6.61. The zero-order valence-electron chi connectivity index (χ0n) is 12.1. The Morgan fingerprint density at radius 2 is 1.95 bits per heavy atom. The van der Waals surface area contributed by atoms with Gasteiger partial charge in [-0.05, 0) is 19.4 Å². The summed E-state index contributed by atoms with van der Waals surface area (Å²) in [6.07, 6.45) is 3.72. The second kappa shape index (κ2) is 8.27.